The minimum atomic E-state index is -1.54. The van der Waals surface area contributed by atoms with E-state index in [1.165, 1.54) is 6.92 Å². The maximum absolute atomic E-state index is 11.7. The first kappa shape index (κ1) is 16.6. The zero-order chi connectivity index (χ0) is 17.4. The third-order valence-corrected chi connectivity index (χ3v) is 4.89. The molecule has 0 radical (unpaired) electrons. The van der Waals surface area contributed by atoms with Crippen LogP contribution >= 0.6 is 0 Å². The predicted octanol–water partition coefficient (Wildman–Crippen LogP) is 1.45. The summed E-state index contributed by atoms with van der Waals surface area (Å²) in [7, 11) is 0. The highest BCUT2D eigenvalue weighted by molar-refractivity contribution is 5.74. The number of nitrogens with two attached hydrogens (primary N) is 1. The van der Waals surface area contributed by atoms with Crippen molar-refractivity contribution in [3.8, 4) is 18.2 Å². The lowest BCUT2D eigenvalue weighted by Crippen LogP contribution is -2.51. The van der Waals surface area contributed by atoms with Crippen molar-refractivity contribution in [2.75, 3.05) is 13.1 Å². The molecule has 0 aromatic heterocycles. The largest absolute Gasteiger partial charge is 0.399 e. The minimum absolute atomic E-state index is 0.00611. The molecule has 1 heterocycles. The highest BCUT2D eigenvalue weighted by atomic mass is 16.2. The van der Waals surface area contributed by atoms with Crippen LogP contribution in [0.3, 0.4) is 0 Å². The van der Waals surface area contributed by atoms with Gasteiger partial charge in [-0.2, -0.15) is 15.8 Å². The van der Waals surface area contributed by atoms with E-state index in [9.17, 15) is 20.6 Å². The fourth-order valence-corrected chi connectivity index (χ4v) is 3.84. The fraction of sp³-hybridized carbons (Fsp3) is 0.529. The molecule has 0 unspecified atom stereocenters. The average molecular weight is 309 g/mol. The smallest absolute Gasteiger partial charge is 0.219 e. The summed E-state index contributed by atoms with van der Waals surface area (Å²) in [5.74, 6) is -0.686. The summed E-state index contributed by atoms with van der Waals surface area (Å²) in [6.45, 7) is 6.17. The van der Waals surface area contributed by atoms with Crippen LogP contribution in [0.2, 0.25) is 0 Å². The van der Waals surface area contributed by atoms with Crippen LogP contribution in [0.4, 0.5) is 0 Å². The Balaban J connectivity index is 2.74. The highest BCUT2D eigenvalue weighted by Crippen LogP contribution is 2.51. The molecule has 0 bridgehead atoms. The molecule has 1 aliphatic heterocycles. The zero-order valence-corrected chi connectivity index (χ0v) is 13.5. The van der Waals surface area contributed by atoms with Gasteiger partial charge in [0.1, 0.15) is 6.07 Å². The molecular weight excluding hydrogens is 290 g/mol. The molecule has 2 aliphatic rings. The molecule has 118 valence electrons. The van der Waals surface area contributed by atoms with E-state index >= 15 is 0 Å². The second-order valence-corrected chi connectivity index (χ2v) is 6.39. The van der Waals surface area contributed by atoms with Crippen molar-refractivity contribution in [1.29, 1.82) is 15.8 Å². The summed E-state index contributed by atoms with van der Waals surface area (Å²) in [4.78, 5) is 13.4. The first-order chi connectivity index (χ1) is 10.8. The molecule has 1 amide bonds. The van der Waals surface area contributed by atoms with E-state index in [1.807, 2.05) is 19.9 Å². The van der Waals surface area contributed by atoms with Crippen molar-refractivity contribution in [1.82, 2.24) is 4.90 Å². The number of fused-ring (bicyclic) bond motifs is 1. The number of rotatable bonds is 1. The molecule has 0 aromatic rings. The van der Waals surface area contributed by atoms with Gasteiger partial charge in [-0.25, -0.2) is 0 Å². The molecule has 1 aliphatic carbocycles. The number of nitrogens with zero attached hydrogens (tertiary/aromatic N) is 4. The monoisotopic (exact) mass is 309 g/mol. The number of amides is 1. The van der Waals surface area contributed by atoms with Crippen molar-refractivity contribution >= 4 is 5.91 Å². The topological polar surface area (TPSA) is 118 Å². The van der Waals surface area contributed by atoms with Gasteiger partial charge in [0.15, 0.2) is 5.41 Å². The zero-order valence-electron chi connectivity index (χ0n) is 13.5. The Hall–Kier alpha value is -2.78. The Morgan fingerprint density at radius 1 is 1.39 bits per heavy atom. The summed E-state index contributed by atoms with van der Waals surface area (Å²) >= 11 is 0. The van der Waals surface area contributed by atoms with E-state index in [1.54, 1.807) is 4.90 Å². The quantitative estimate of drug-likeness (QED) is 0.786. The van der Waals surface area contributed by atoms with Crippen LogP contribution in [0.5, 0.6) is 0 Å². The molecule has 0 saturated carbocycles. The first-order valence-corrected chi connectivity index (χ1v) is 7.52. The van der Waals surface area contributed by atoms with Gasteiger partial charge in [0, 0.05) is 31.8 Å². The van der Waals surface area contributed by atoms with E-state index in [0.29, 0.717) is 13.1 Å². The van der Waals surface area contributed by atoms with E-state index < -0.39 is 5.41 Å². The second-order valence-electron chi connectivity index (χ2n) is 6.39. The molecule has 0 fully saturated rings. The summed E-state index contributed by atoms with van der Waals surface area (Å²) in [6, 6.07) is 6.19. The van der Waals surface area contributed by atoms with Crippen molar-refractivity contribution < 1.29 is 4.79 Å². The van der Waals surface area contributed by atoms with Crippen LogP contribution in [0.1, 0.15) is 20.8 Å². The SMILES string of the molecule is CC(=O)N1CC=C2C(C#N)=C(N)C(C#N)(C#N)[C@H](C(C)C)[C@H]2C1. The second kappa shape index (κ2) is 5.78. The van der Waals surface area contributed by atoms with Crippen molar-refractivity contribution in [2.45, 2.75) is 20.8 Å². The maximum atomic E-state index is 11.7. The Labute approximate surface area is 136 Å². The molecular formula is C17H19N5O. The highest BCUT2D eigenvalue weighted by Gasteiger charge is 2.54. The van der Waals surface area contributed by atoms with Gasteiger partial charge in [0.05, 0.1) is 23.4 Å². The van der Waals surface area contributed by atoms with E-state index in [-0.39, 0.29) is 34.9 Å². The minimum Gasteiger partial charge on any atom is -0.399 e. The van der Waals surface area contributed by atoms with Crippen molar-refractivity contribution in [3.63, 3.8) is 0 Å². The molecule has 0 aromatic carbocycles. The van der Waals surface area contributed by atoms with E-state index in [2.05, 4.69) is 18.2 Å². The lowest BCUT2D eigenvalue weighted by molar-refractivity contribution is -0.129. The fourth-order valence-electron chi connectivity index (χ4n) is 3.84. The number of allylic oxidation sites excluding steroid dienone is 2. The molecule has 0 saturated heterocycles. The van der Waals surface area contributed by atoms with Gasteiger partial charge in [-0.15, -0.1) is 0 Å². The van der Waals surface area contributed by atoms with Crippen LogP contribution in [0.15, 0.2) is 22.9 Å². The molecule has 2 N–H and O–H groups in total. The van der Waals surface area contributed by atoms with Gasteiger partial charge in [0.2, 0.25) is 5.91 Å². The van der Waals surface area contributed by atoms with Crippen LogP contribution in [-0.4, -0.2) is 23.9 Å². The number of nitriles is 3. The maximum Gasteiger partial charge on any atom is 0.219 e. The van der Waals surface area contributed by atoms with Gasteiger partial charge >= 0.3 is 0 Å². The van der Waals surface area contributed by atoms with Crippen LogP contribution in [-0.2, 0) is 4.79 Å². The third-order valence-electron chi connectivity index (χ3n) is 4.89. The average Bonchev–Trinajstić information content (AvgIpc) is 2.53. The summed E-state index contributed by atoms with van der Waals surface area (Å²) in [5.41, 5.74) is 5.60. The molecule has 6 nitrogen and oxygen atoms in total. The lowest BCUT2D eigenvalue weighted by atomic mass is 9.57. The Morgan fingerprint density at radius 2 is 2.00 bits per heavy atom. The van der Waals surface area contributed by atoms with Gasteiger partial charge in [-0.05, 0) is 11.5 Å². The summed E-state index contributed by atoms with van der Waals surface area (Å²) in [6.07, 6.45) is 1.83. The summed E-state index contributed by atoms with van der Waals surface area (Å²) in [5, 5.41) is 28.9. The predicted molar refractivity (Wildman–Crippen MR) is 82.6 cm³/mol. The van der Waals surface area contributed by atoms with E-state index in [4.69, 9.17) is 5.73 Å². The Kier molecular flexibility index (Phi) is 4.17. The number of carbonyl (C=O) groups excluding carboxylic acids is 1. The van der Waals surface area contributed by atoms with Gasteiger partial charge in [-0.3, -0.25) is 4.79 Å². The number of hydrogen-bond acceptors (Lipinski definition) is 5. The molecule has 6 heteroatoms. The summed E-state index contributed by atoms with van der Waals surface area (Å²) < 4.78 is 0. The molecule has 2 rings (SSSR count). The number of carbonyl (C=O) groups is 1. The standard InChI is InChI=1S/C17H19N5O/c1-10(2)15-14-7-22(11(3)23)5-4-12(14)13(6-18)16(21)17(15,8-19)9-20/h4,10,14-15H,5,7,21H2,1-3H3/t14-,15+/m0/s1. The van der Waals surface area contributed by atoms with Crippen LogP contribution < -0.4 is 5.73 Å². The van der Waals surface area contributed by atoms with Gasteiger partial charge < -0.3 is 10.6 Å². The lowest BCUT2D eigenvalue weighted by Gasteiger charge is -2.47. The normalized spacial score (nSPS) is 25.8. The molecule has 23 heavy (non-hydrogen) atoms. The third kappa shape index (κ3) is 2.26. The van der Waals surface area contributed by atoms with Crippen molar-refractivity contribution in [2.24, 2.45) is 28.9 Å². The Morgan fingerprint density at radius 3 is 2.43 bits per heavy atom. The first-order valence-electron chi connectivity index (χ1n) is 7.52. The van der Waals surface area contributed by atoms with Crippen molar-refractivity contribution in [3.05, 3.63) is 22.9 Å². The van der Waals surface area contributed by atoms with Gasteiger partial charge in [0.25, 0.3) is 0 Å². The van der Waals surface area contributed by atoms with Crippen LogP contribution in [0.25, 0.3) is 0 Å². The molecule has 2 atom stereocenters. The van der Waals surface area contributed by atoms with Crippen LogP contribution in [0, 0.1) is 57.2 Å². The molecule has 0 spiro atoms. The van der Waals surface area contributed by atoms with Gasteiger partial charge in [-0.1, -0.05) is 19.9 Å². The van der Waals surface area contributed by atoms with E-state index in [0.717, 1.165) is 5.57 Å². The number of hydrogen-bond donors (Lipinski definition) is 1. The Bertz CT molecular complexity index is 712.